The zero-order valence-electron chi connectivity index (χ0n) is 21.9. The molecular formula is C30H31N7O2. The summed E-state index contributed by atoms with van der Waals surface area (Å²) < 4.78 is 13.6. The molecule has 0 radical (unpaired) electrons. The van der Waals surface area contributed by atoms with Crippen molar-refractivity contribution in [2.75, 3.05) is 24.4 Å². The van der Waals surface area contributed by atoms with Gasteiger partial charge < -0.3 is 20.1 Å². The van der Waals surface area contributed by atoms with Gasteiger partial charge in [0.1, 0.15) is 12.0 Å². The Labute approximate surface area is 226 Å². The van der Waals surface area contributed by atoms with E-state index in [4.69, 9.17) is 24.4 Å². The van der Waals surface area contributed by atoms with Gasteiger partial charge in [-0.05, 0) is 86.1 Å². The van der Waals surface area contributed by atoms with E-state index in [1.165, 1.54) is 6.42 Å². The van der Waals surface area contributed by atoms with Crippen LogP contribution in [-0.2, 0) is 4.74 Å². The van der Waals surface area contributed by atoms with Gasteiger partial charge in [-0.2, -0.15) is 9.97 Å². The molecule has 3 aromatic heterocycles. The topological polar surface area (TPSA) is 99.0 Å². The number of anilines is 3. The summed E-state index contributed by atoms with van der Waals surface area (Å²) in [5, 5.41) is 8.10. The van der Waals surface area contributed by atoms with Crippen LogP contribution in [0.15, 0.2) is 61.1 Å². The van der Waals surface area contributed by atoms with Gasteiger partial charge in [-0.3, -0.25) is 9.55 Å². The van der Waals surface area contributed by atoms with Crippen LogP contribution < -0.4 is 15.4 Å². The van der Waals surface area contributed by atoms with E-state index >= 15 is 0 Å². The van der Waals surface area contributed by atoms with E-state index in [9.17, 15) is 0 Å². The normalized spacial score (nSPS) is 17.7. The second kappa shape index (κ2) is 10.1. The smallest absolute Gasteiger partial charge is 0.231 e. The van der Waals surface area contributed by atoms with Crippen molar-refractivity contribution in [2.45, 2.75) is 50.8 Å². The van der Waals surface area contributed by atoms with Crippen LogP contribution in [0.25, 0.3) is 33.2 Å². The second-order valence-corrected chi connectivity index (χ2v) is 10.3. The number of benzene rings is 2. The van der Waals surface area contributed by atoms with Crippen LogP contribution in [0.1, 0.15) is 44.8 Å². The number of nitrogens with zero attached hydrogens (tertiary/aromatic N) is 5. The summed E-state index contributed by atoms with van der Waals surface area (Å²) in [5.41, 5.74) is 5.51. The number of fused-ring (bicyclic) bond motifs is 2. The maximum absolute atomic E-state index is 6.07. The molecule has 2 aromatic carbocycles. The summed E-state index contributed by atoms with van der Waals surface area (Å²) in [4.78, 5) is 19.1. The first-order valence-corrected chi connectivity index (χ1v) is 13.7. The summed E-state index contributed by atoms with van der Waals surface area (Å²) in [5.74, 6) is 2.10. The Hall–Kier alpha value is -4.24. The van der Waals surface area contributed by atoms with E-state index in [1.54, 1.807) is 7.11 Å². The third kappa shape index (κ3) is 4.63. The first-order chi connectivity index (χ1) is 19.2. The summed E-state index contributed by atoms with van der Waals surface area (Å²) in [6.45, 7) is 0.758. The number of hydrogen-bond donors (Lipinski definition) is 2. The molecule has 1 atom stereocenters. The fourth-order valence-electron chi connectivity index (χ4n) is 5.37. The molecule has 2 N–H and O–H groups in total. The lowest BCUT2D eigenvalue weighted by Gasteiger charge is -2.27. The minimum absolute atomic E-state index is 0.0554. The van der Waals surface area contributed by atoms with E-state index in [-0.39, 0.29) is 6.23 Å². The largest absolute Gasteiger partial charge is 0.497 e. The van der Waals surface area contributed by atoms with E-state index < -0.39 is 0 Å². The zero-order valence-corrected chi connectivity index (χ0v) is 21.9. The Kier molecular flexibility index (Phi) is 6.20. The molecule has 2 aliphatic rings. The van der Waals surface area contributed by atoms with Crippen LogP contribution in [-0.4, -0.2) is 44.3 Å². The SMILES string of the molecule is COc1cccc(-c2ccnc3ccc(Nc4nc(NC5CCC5)c5ncn(C6CCCCO6)c5n4)cc23)c1. The van der Waals surface area contributed by atoms with E-state index in [0.29, 0.717) is 12.0 Å². The van der Waals surface area contributed by atoms with Crippen molar-refractivity contribution in [1.82, 2.24) is 24.5 Å². The summed E-state index contributed by atoms with van der Waals surface area (Å²) in [6.07, 6.45) is 10.3. The first-order valence-electron chi connectivity index (χ1n) is 13.7. The number of nitrogens with one attached hydrogen (secondary N) is 2. The quantitative estimate of drug-likeness (QED) is 0.252. The lowest BCUT2D eigenvalue weighted by molar-refractivity contribution is -0.0298. The Morgan fingerprint density at radius 2 is 1.92 bits per heavy atom. The summed E-state index contributed by atoms with van der Waals surface area (Å²) >= 11 is 0. The van der Waals surface area contributed by atoms with Gasteiger partial charge in [-0.25, -0.2) is 4.98 Å². The average Bonchev–Trinajstić information content (AvgIpc) is 3.39. The Morgan fingerprint density at radius 3 is 2.74 bits per heavy atom. The fraction of sp³-hybridized carbons (Fsp3) is 0.333. The highest BCUT2D eigenvalue weighted by atomic mass is 16.5. The van der Waals surface area contributed by atoms with Crippen molar-refractivity contribution in [3.05, 3.63) is 61.1 Å². The predicted octanol–water partition coefficient (Wildman–Crippen LogP) is 6.46. The molecule has 1 aliphatic heterocycles. The average molecular weight is 522 g/mol. The van der Waals surface area contributed by atoms with E-state index in [2.05, 4.69) is 32.3 Å². The lowest BCUT2D eigenvalue weighted by atomic mass is 9.93. The van der Waals surface area contributed by atoms with Gasteiger partial charge in [0.25, 0.3) is 0 Å². The van der Waals surface area contributed by atoms with Crippen LogP contribution in [0.3, 0.4) is 0 Å². The number of aromatic nitrogens is 5. The van der Waals surface area contributed by atoms with Gasteiger partial charge in [-0.1, -0.05) is 12.1 Å². The Balaban J connectivity index is 1.28. The number of imidazole rings is 1. The number of methoxy groups -OCH3 is 1. The molecule has 0 amide bonds. The third-order valence-electron chi connectivity index (χ3n) is 7.71. The molecular weight excluding hydrogens is 490 g/mol. The molecule has 2 fully saturated rings. The Morgan fingerprint density at radius 1 is 0.974 bits per heavy atom. The van der Waals surface area contributed by atoms with Crippen molar-refractivity contribution in [3.8, 4) is 16.9 Å². The standard InChI is InChI=1S/C30H31N7O2/c1-38-22-9-4-6-19(16-22)23-13-14-31-25-12-11-21(17-24(23)25)34-30-35-28(33-20-7-5-8-20)27-29(36-30)37(18-32-27)26-10-2-3-15-39-26/h4,6,9,11-14,16-18,20,26H,2-3,5,7-8,10,15H2,1H3,(H2,33,34,35,36). The molecule has 39 heavy (non-hydrogen) atoms. The first kappa shape index (κ1) is 23.8. The van der Waals surface area contributed by atoms with Crippen molar-refractivity contribution in [2.24, 2.45) is 0 Å². The highest BCUT2D eigenvalue weighted by Crippen LogP contribution is 2.34. The van der Waals surface area contributed by atoms with Crippen molar-refractivity contribution in [1.29, 1.82) is 0 Å². The third-order valence-corrected chi connectivity index (χ3v) is 7.71. The van der Waals surface area contributed by atoms with Crippen LogP contribution in [0.5, 0.6) is 5.75 Å². The zero-order chi connectivity index (χ0) is 26.2. The fourth-order valence-corrected chi connectivity index (χ4v) is 5.37. The van der Waals surface area contributed by atoms with Gasteiger partial charge in [0, 0.05) is 29.9 Å². The number of ether oxygens (including phenoxy) is 2. The molecule has 7 rings (SSSR count). The van der Waals surface area contributed by atoms with Gasteiger partial charge in [0.2, 0.25) is 5.95 Å². The maximum Gasteiger partial charge on any atom is 0.231 e. The number of pyridine rings is 1. The lowest BCUT2D eigenvalue weighted by Crippen LogP contribution is -2.27. The molecule has 9 heteroatoms. The van der Waals surface area contributed by atoms with Crippen LogP contribution in [0, 0.1) is 0 Å². The molecule has 198 valence electrons. The number of rotatable bonds is 7. The summed E-state index contributed by atoms with van der Waals surface area (Å²) in [6, 6.07) is 16.7. The molecule has 0 bridgehead atoms. The highest BCUT2D eigenvalue weighted by Gasteiger charge is 2.24. The molecule has 9 nitrogen and oxygen atoms in total. The van der Waals surface area contributed by atoms with Crippen LogP contribution in [0.4, 0.5) is 17.5 Å². The van der Waals surface area contributed by atoms with Gasteiger partial charge in [0.15, 0.2) is 17.0 Å². The summed E-state index contributed by atoms with van der Waals surface area (Å²) in [7, 11) is 1.68. The monoisotopic (exact) mass is 521 g/mol. The van der Waals surface area contributed by atoms with Crippen LogP contribution >= 0.6 is 0 Å². The van der Waals surface area contributed by atoms with Crippen LogP contribution in [0.2, 0.25) is 0 Å². The maximum atomic E-state index is 6.07. The van der Waals surface area contributed by atoms with E-state index in [0.717, 1.165) is 89.2 Å². The molecule has 1 saturated carbocycles. The predicted molar refractivity (Wildman–Crippen MR) is 152 cm³/mol. The van der Waals surface area contributed by atoms with Crippen molar-refractivity contribution >= 4 is 39.5 Å². The molecule has 1 unspecified atom stereocenters. The molecule has 1 saturated heterocycles. The van der Waals surface area contributed by atoms with Gasteiger partial charge in [-0.15, -0.1) is 0 Å². The number of hydrogen-bond acceptors (Lipinski definition) is 8. The highest BCUT2D eigenvalue weighted by molar-refractivity contribution is 5.96. The van der Waals surface area contributed by atoms with Crippen molar-refractivity contribution in [3.63, 3.8) is 0 Å². The Bertz CT molecular complexity index is 1640. The second-order valence-electron chi connectivity index (χ2n) is 10.3. The van der Waals surface area contributed by atoms with Crippen molar-refractivity contribution < 1.29 is 9.47 Å². The van der Waals surface area contributed by atoms with E-state index in [1.807, 2.05) is 48.9 Å². The minimum Gasteiger partial charge on any atom is -0.497 e. The minimum atomic E-state index is -0.0554. The molecule has 0 spiro atoms. The van der Waals surface area contributed by atoms with Gasteiger partial charge >= 0.3 is 0 Å². The molecule has 4 heterocycles. The van der Waals surface area contributed by atoms with Gasteiger partial charge in [0.05, 0.1) is 19.0 Å². The molecule has 1 aliphatic carbocycles. The molecule has 5 aromatic rings.